The summed E-state index contributed by atoms with van der Waals surface area (Å²) in [7, 11) is 1.78. The average Bonchev–Trinajstić information content (AvgIpc) is 3.10. The Morgan fingerprint density at radius 2 is 1.56 bits per heavy atom. The van der Waals surface area contributed by atoms with Crippen molar-refractivity contribution in [1.82, 2.24) is 14.7 Å². The van der Waals surface area contributed by atoms with Gasteiger partial charge in [0.1, 0.15) is 0 Å². The zero-order valence-electron chi connectivity index (χ0n) is 18.7. The van der Waals surface area contributed by atoms with Crippen LogP contribution in [0.1, 0.15) is 40.2 Å². The lowest BCUT2D eigenvalue weighted by atomic mass is 10.0. The van der Waals surface area contributed by atoms with Gasteiger partial charge in [-0.25, -0.2) is 4.68 Å². The third-order valence-electron chi connectivity index (χ3n) is 5.90. The maximum Gasteiger partial charge on any atom is 0.223 e. The lowest BCUT2D eigenvalue weighted by Gasteiger charge is -2.17. The standard InChI is InChI=1S/C27H27N3O2/c1-19-25(20(2)30(28-19)24-11-5-4-6-12-24)18-29(3)27(32)16-15-26(31)23-14-13-21-9-7-8-10-22(21)17-23/h4-14,17H,15-16,18H2,1-3H3. The Balaban J connectivity index is 1.40. The van der Waals surface area contributed by atoms with E-state index in [-0.39, 0.29) is 24.5 Å². The van der Waals surface area contributed by atoms with E-state index in [1.807, 2.05) is 91.3 Å². The normalized spacial score (nSPS) is 11.0. The smallest absolute Gasteiger partial charge is 0.223 e. The largest absolute Gasteiger partial charge is 0.341 e. The maximum absolute atomic E-state index is 12.7. The predicted molar refractivity (Wildman–Crippen MR) is 127 cm³/mol. The molecule has 0 fully saturated rings. The molecule has 1 heterocycles. The molecule has 162 valence electrons. The molecule has 0 saturated heterocycles. The molecule has 3 aromatic carbocycles. The number of hydrogen-bond donors (Lipinski definition) is 0. The second-order valence-electron chi connectivity index (χ2n) is 8.13. The summed E-state index contributed by atoms with van der Waals surface area (Å²) in [4.78, 5) is 27.1. The summed E-state index contributed by atoms with van der Waals surface area (Å²) in [6.07, 6.45) is 0.385. The molecule has 0 aliphatic carbocycles. The van der Waals surface area contributed by atoms with Crippen LogP contribution in [0.3, 0.4) is 0 Å². The number of rotatable bonds is 7. The van der Waals surface area contributed by atoms with Crippen LogP contribution in [0.4, 0.5) is 0 Å². The van der Waals surface area contributed by atoms with Crippen LogP contribution >= 0.6 is 0 Å². The summed E-state index contributed by atoms with van der Waals surface area (Å²) in [5, 5.41) is 6.79. The second-order valence-corrected chi connectivity index (χ2v) is 8.13. The van der Waals surface area contributed by atoms with E-state index in [4.69, 9.17) is 0 Å². The van der Waals surface area contributed by atoms with Gasteiger partial charge in [-0.1, -0.05) is 54.6 Å². The lowest BCUT2D eigenvalue weighted by molar-refractivity contribution is -0.130. The maximum atomic E-state index is 12.7. The first-order chi connectivity index (χ1) is 15.4. The van der Waals surface area contributed by atoms with Crippen LogP contribution in [-0.2, 0) is 11.3 Å². The first kappa shape index (κ1) is 21.5. The van der Waals surface area contributed by atoms with Gasteiger partial charge in [-0.05, 0) is 42.8 Å². The van der Waals surface area contributed by atoms with E-state index >= 15 is 0 Å². The van der Waals surface area contributed by atoms with E-state index in [1.54, 1.807) is 11.9 Å². The van der Waals surface area contributed by atoms with Gasteiger partial charge >= 0.3 is 0 Å². The lowest BCUT2D eigenvalue weighted by Crippen LogP contribution is -2.27. The highest BCUT2D eigenvalue weighted by molar-refractivity contribution is 6.01. The summed E-state index contributed by atoms with van der Waals surface area (Å²) in [5.74, 6) is -0.0628. The molecule has 0 aliphatic heterocycles. The van der Waals surface area contributed by atoms with Gasteiger partial charge in [-0.3, -0.25) is 9.59 Å². The van der Waals surface area contributed by atoms with Gasteiger partial charge in [0, 0.05) is 43.3 Å². The Morgan fingerprint density at radius 3 is 2.31 bits per heavy atom. The van der Waals surface area contributed by atoms with E-state index in [1.165, 1.54) is 0 Å². The van der Waals surface area contributed by atoms with Gasteiger partial charge in [0.05, 0.1) is 11.4 Å². The highest BCUT2D eigenvalue weighted by Crippen LogP contribution is 2.20. The van der Waals surface area contributed by atoms with E-state index in [0.717, 1.165) is 33.4 Å². The Morgan fingerprint density at radius 1 is 0.875 bits per heavy atom. The molecule has 32 heavy (non-hydrogen) atoms. The van der Waals surface area contributed by atoms with Crippen molar-refractivity contribution in [2.75, 3.05) is 7.05 Å². The number of fused-ring (bicyclic) bond motifs is 1. The van der Waals surface area contributed by atoms with Gasteiger partial charge in [-0.2, -0.15) is 5.10 Å². The molecule has 1 amide bonds. The monoisotopic (exact) mass is 425 g/mol. The first-order valence-electron chi connectivity index (χ1n) is 10.8. The molecule has 0 aliphatic rings. The number of hydrogen-bond acceptors (Lipinski definition) is 3. The van der Waals surface area contributed by atoms with Gasteiger partial charge < -0.3 is 4.90 Å². The summed E-state index contributed by atoms with van der Waals surface area (Å²) in [6.45, 7) is 4.45. The number of carbonyl (C=O) groups is 2. The molecular formula is C27H27N3O2. The molecule has 0 atom stereocenters. The number of aryl methyl sites for hydroxylation is 1. The van der Waals surface area contributed by atoms with Crippen molar-refractivity contribution in [3.8, 4) is 5.69 Å². The molecule has 1 aromatic heterocycles. The van der Waals surface area contributed by atoms with Crippen molar-refractivity contribution < 1.29 is 9.59 Å². The fourth-order valence-corrected chi connectivity index (χ4v) is 3.97. The summed E-state index contributed by atoms with van der Waals surface area (Å²) >= 11 is 0. The fraction of sp³-hybridized carbons (Fsp3) is 0.222. The molecule has 0 bridgehead atoms. The Bertz CT molecular complexity index is 1270. The zero-order valence-corrected chi connectivity index (χ0v) is 18.7. The number of benzene rings is 3. The van der Waals surface area contributed by atoms with Crippen LogP contribution in [-0.4, -0.2) is 33.4 Å². The molecule has 0 unspecified atom stereocenters. The minimum Gasteiger partial charge on any atom is -0.341 e. The number of nitrogens with zero attached hydrogens (tertiary/aromatic N) is 3. The molecule has 5 nitrogen and oxygen atoms in total. The van der Waals surface area contributed by atoms with Crippen LogP contribution in [0.15, 0.2) is 72.8 Å². The van der Waals surface area contributed by atoms with Crippen molar-refractivity contribution in [3.05, 3.63) is 95.3 Å². The van der Waals surface area contributed by atoms with Crippen LogP contribution < -0.4 is 0 Å². The zero-order chi connectivity index (χ0) is 22.7. The highest BCUT2D eigenvalue weighted by Gasteiger charge is 2.18. The molecule has 4 aromatic rings. The average molecular weight is 426 g/mol. The number of carbonyl (C=O) groups excluding carboxylic acids is 2. The highest BCUT2D eigenvalue weighted by atomic mass is 16.2. The van der Waals surface area contributed by atoms with Gasteiger partial charge in [0.25, 0.3) is 0 Å². The Hall–Kier alpha value is -3.73. The molecule has 4 rings (SSSR count). The van der Waals surface area contributed by atoms with Crippen LogP contribution in [0, 0.1) is 13.8 Å². The minimum absolute atomic E-state index is 0.0123. The quantitative estimate of drug-likeness (QED) is 0.379. The summed E-state index contributed by atoms with van der Waals surface area (Å²) in [5.41, 5.74) is 4.59. The fourth-order valence-electron chi connectivity index (χ4n) is 3.97. The number of amides is 1. The molecular weight excluding hydrogens is 398 g/mol. The Labute approximate surface area is 188 Å². The summed E-state index contributed by atoms with van der Waals surface area (Å²) < 4.78 is 1.91. The first-order valence-corrected chi connectivity index (χ1v) is 10.8. The third-order valence-corrected chi connectivity index (χ3v) is 5.90. The van der Waals surface area contributed by atoms with E-state index in [2.05, 4.69) is 5.10 Å². The molecule has 0 N–H and O–H groups in total. The molecule has 0 saturated carbocycles. The van der Waals surface area contributed by atoms with E-state index in [9.17, 15) is 9.59 Å². The van der Waals surface area contributed by atoms with Crippen molar-refractivity contribution in [1.29, 1.82) is 0 Å². The minimum atomic E-state index is -0.0506. The topological polar surface area (TPSA) is 55.2 Å². The number of para-hydroxylation sites is 1. The van der Waals surface area contributed by atoms with Crippen LogP contribution in [0.2, 0.25) is 0 Å². The molecule has 0 radical (unpaired) electrons. The van der Waals surface area contributed by atoms with Crippen molar-refractivity contribution in [2.45, 2.75) is 33.2 Å². The van der Waals surface area contributed by atoms with E-state index < -0.39 is 0 Å². The van der Waals surface area contributed by atoms with Gasteiger partial charge in [-0.15, -0.1) is 0 Å². The number of ketones is 1. The number of aromatic nitrogens is 2. The van der Waals surface area contributed by atoms with Crippen molar-refractivity contribution in [3.63, 3.8) is 0 Å². The molecule has 0 spiro atoms. The third kappa shape index (κ3) is 4.47. The predicted octanol–water partition coefficient (Wildman–Crippen LogP) is 5.26. The SMILES string of the molecule is Cc1nn(-c2ccccc2)c(C)c1CN(C)C(=O)CCC(=O)c1ccc2ccccc2c1. The number of Topliss-reactive ketones (excluding diaryl/α,β-unsaturated/α-hetero) is 1. The van der Waals surface area contributed by atoms with Crippen molar-refractivity contribution >= 4 is 22.5 Å². The Kier molecular flexibility index (Phi) is 6.17. The molecule has 5 heteroatoms. The van der Waals surface area contributed by atoms with Crippen molar-refractivity contribution in [2.24, 2.45) is 0 Å². The summed E-state index contributed by atoms with van der Waals surface area (Å²) in [6, 6.07) is 23.6. The van der Waals surface area contributed by atoms with Gasteiger partial charge in [0.15, 0.2) is 5.78 Å². The second kappa shape index (κ2) is 9.18. The van der Waals surface area contributed by atoms with Crippen LogP contribution in [0.5, 0.6) is 0 Å². The van der Waals surface area contributed by atoms with Crippen LogP contribution in [0.25, 0.3) is 16.5 Å². The van der Waals surface area contributed by atoms with Gasteiger partial charge in [0.2, 0.25) is 5.91 Å². The van der Waals surface area contributed by atoms with E-state index in [0.29, 0.717) is 12.1 Å².